The number of ether oxygens (including phenoxy) is 1. The lowest BCUT2D eigenvalue weighted by atomic mass is 9.73. The number of amides is 1. The number of rotatable bonds is 10. The minimum Gasteiger partial charge on any atom is -0.466 e. The quantitative estimate of drug-likeness (QED) is 0.233. The fourth-order valence-corrected chi connectivity index (χ4v) is 8.85. The first-order valence-corrected chi connectivity index (χ1v) is 16.8. The van der Waals surface area contributed by atoms with Gasteiger partial charge < -0.3 is 19.9 Å². The zero-order valence-corrected chi connectivity index (χ0v) is 26.0. The van der Waals surface area contributed by atoms with E-state index in [1.807, 2.05) is 28.8 Å². The number of carbonyl (C=O) groups is 2. The SMILES string of the molecule is CCOC(=O)CCC(=NOCC(N)=O)c1nc2ccccc2n(C2CC3CCCC(C2)N3C2CC3CCCCC(C3)C2)c1=O. The minimum atomic E-state index is -0.683. The van der Waals surface area contributed by atoms with Gasteiger partial charge in [-0.05, 0) is 75.8 Å². The van der Waals surface area contributed by atoms with Crippen molar-refractivity contribution in [3.63, 3.8) is 0 Å². The van der Waals surface area contributed by atoms with Crippen LogP contribution in [0.3, 0.4) is 0 Å². The van der Waals surface area contributed by atoms with Crippen LogP contribution in [0.15, 0.2) is 34.2 Å². The molecule has 4 aliphatic rings. The number of nitrogens with two attached hydrogens (primary N) is 1. The molecule has 238 valence electrons. The number of aromatic nitrogens is 2. The molecule has 44 heavy (non-hydrogen) atoms. The molecule has 2 aromatic rings. The average molecular weight is 606 g/mol. The van der Waals surface area contributed by atoms with E-state index >= 15 is 0 Å². The number of para-hydroxylation sites is 2. The number of carbonyl (C=O) groups excluding carboxylic acids is 2. The van der Waals surface area contributed by atoms with E-state index in [0.29, 0.717) is 23.6 Å². The molecule has 2 aliphatic carbocycles. The summed E-state index contributed by atoms with van der Waals surface area (Å²) in [7, 11) is 0. The van der Waals surface area contributed by atoms with Crippen molar-refractivity contribution >= 4 is 28.6 Å². The Morgan fingerprint density at radius 3 is 2.30 bits per heavy atom. The molecular formula is C34H47N5O5. The van der Waals surface area contributed by atoms with Gasteiger partial charge in [-0.25, -0.2) is 4.98 Å². The second-order valence-electron chi connectivity index (χ2n) is 13.4. The van der Waals surface area contributed by atoms with Crippen LogP contribution in [-0.4, -0.2) is 63.4 Å². The Hall–Kier alpha value is -3.27. The fraction of sp³-hybridized carbons (Fsp3) is 0.676. The zero-order chi connectivity index (χ0) is 30.6. The Bertz CT molecular complexity index is 1410. The third-order valence-electron chi connectivity index (χ3n) is 10.5. The van der Waals surface area contributed by atoms with Crippen LogP contribution in [0.25, 0.3) is 11.0 Å². The summed E-state index contributed by atoms with van der Waals surface area (Å²) in [5.41, 5.74) is 6.86. The lowest BCUT2D eigenvalue weighted by Crippen LogP contribution is -2.58. The van der Waals surface area contributed by atoms with E-state index in [2.05, 4.69) is 10.1 Å². The van der Waals surface area contributed by atoms with Gasteiger partial charge >= 0.3 is 5.97 Å². The summed E-state index contributed by atoms with van der Waals surface area (Å²) in [5, 5.41) is 4.11. The monoisotopic (exact) mass is 605 g/mol. The Morgan fingerprint density at radius 1 is 0.909 bits per heavy atom. The molecule has 1 aromatic heterocycles. The Morgan fingerprint density at radius 2 is 1.61 bits per heavy atom. The Kier molecular flexibility index (Phi) is 9.64. The number of oxime groups is 1. The number of primary amides is 1. The van der Waals surface area contributed by atoms with Gasteiger partial charge in [0.2, 0.25) is 0 Å². The lowest BCUT2D eigenvalue weighted by Gasteiger charge is -2.54. The van der Waals surface area contributed by atoms with Gasteiger partial charge in [0.05, 0.1) is 24.1 Å². The Labute approximate surface area is 259 Å². The molecule has 6 rings (SSSR count). The number of hydrogen-bond donors (Lipinski definition) is 1. The molecule has 2 aliphatic heterocycles. The third-order valence-corrected chi connectivity index (χ3v) is 10.5. The van der Waals surface area contributed by atoms with Crippen molar-refractivity contribution in [3.8, 4) is 0 Å². The van der Waals surface area contributed by atoms with Crippen molar-refractivity contribution in [2.24, 2.45) is 22.7 Å². The van der Waals surface area contributed by atoms with Gasteiger partial charge in [0.15, 0.2) is 12.3 Å². The maximum atomic E-state index is 14.4. The average Bonchev–Trinajstić information content (AvgIpc) is 3.17. The number of esters is 1. The van der Waals surface area contributed by atoms with E-state index in [0.717, 1.165) is 30.2 Å². The lowest BCUT2D eigenvalue weighted by molar-refractivity contribution is -0.142. The summed E-state index contributed by atoms with van der Waals surface area (Å²) in [6.07, 6.45) is 15.2. The van der Waals surface area contributed by atoms with Crippen LogP contribution in [-0.2, 0) is 19.2 Å². The first-order chi connectivity index (χ1) is 21.4. The molecule has 10 nitrogen and oxygen atoms in total. The van der Waals surface area contributed by atoms with Crippen LogP contribution in [0.4, 0.5) is 0 Å². The number of hydrogen-bond acceptors (Lipinski definition) is 8. The van der Waals surface area contributed by atoms with E-state index < -0.39 is 18.5 Å². The van der Waals surface area contributed by atoms with Crippen molar-refractivity contribution in [2.45, 2.75) is 121 Å². The summed E-state index contributed by atoms with van der Waals surface area (Å²) in [5.74, 6) is 0.660. The van der Waals surface area contributed by atoms with Crippen LogP contribution in [0.1, 0.15) is 109 Å². The predicted molar refractivity (Wildman–Crippen MR) is 168 cm³/mol. The van der Waals surface area contributed by atoms with Crippen molar-refractivity contribution in [2.75, 3.05) is 13.2 Å². The minimum absolute atomic E-state index is 0.00641. The van der Waals surface area contributed by atoms with E-state index in [1.54, 1.807) is 6.92 Å². The van der Waals surface area contributed by atoms with Crippen LogP contribution in [0.2, 0.25) is 0 Å². The number of nitrogens with zero attached hydrogens (tertiary/aromatic N) is 4. The normalized spacial score (nSPS) is 29.2. The molecule has 1 amide bonds. The van der Waals surface area contributed by atoms with Crippen LogP contribution >= 0.6 is 0 Å². The van der Waals surface area contributed by atoms with Crippen LogP contribution < -0.4 is 11.3 Å². The molecule has 4 atom stereocenters. The molecule has 4 unspecified atom stereocenters. The summed E-state index contributed by atoms with van der Waals surface area (Å²) in [6.45, 7) is 1.57. The first-order valence-electron chi connectivity index (χ1n) is 16.8. The molecule has 3 heterocycles. The topological polar surface area (TPSA) is 129 Å². The molecule has 0 radical (unpaired) electrons. The molecule has 2 N–H and O–H groups in total. The van der Waals surface area contributed by atoms with Crippen LogP contribution in [0.5, 0.6) is 0 Å². The molecule has 2 saturated heterocycles. The molecule has 1 aromatic carbocycles. The smallest absolute Gasteiger partial charge is 0.306 e. The third kappa shape index (κ3) is 6.70. The maximum absolute atomic E-state index is 14.4. The molecule has 4 fully saturated rings. The van der Waals surface area contributed by atoms with Gasteiger partial charge in [0, 0.05) is 30.6 Å². The zero-order valence-electron chi connectivity index (χ0n) is 26.0. The highest BCUT2D eigenvalue weighted by Crippen LogP contribution is 2.47. The number of fused-ring (bicyclic) bond motifs is 5. The van der Waals surface area contributed by atoms with Crippen LogP contribution in [0, 0.1) is 11.8 Å². The van der Waals surface area contributed by atoms with Crippen molar-refractivity contribution < 1.29 is 19.2 Å². The van der Waals surface area contributed by atoms with Gasteiger partial charge in [0.25, 0.3) is 11.5 Å². The number of piperidine rings is 2. The standard InChI is InChI=1S/C34H47N5O5/c1-2-43-32(41)15-14-29(37-44-21-31(35)40)33-34(42)39(30-13-6-5-12-28(30)36-33)27-19-24-10-7-11-25(20-27)38(24)26-17-22-8-3-4-9-23(16-22)18-26/h5-6,12-13,22-27H,2-4,7-11,14-21H2,1H3,(H2,35,40). The van der Waals surface area contributed by atoms with Crippen molar-refractivity contribution in [1.29, 1.82) is 0 Å². The summed E-state index contributed by atoms with van der Waals surface area (Å²) in [6, 6.07) is 9.37. The van der Waals surface area contributed by atoms with E-state index in [-0.39, 0.29) is 42.5 Å². The molecule has 2 saturated carbocycles. The van der Waals surface area contributed by atoms with Crippen molar-refractivity contribution in [1.82, 2.24) is 14.5 Å². The fourth-order valence-electron chi connectivity index (χ4n) is 8.85. The summed E-state index contributed by atoms with van der Waals surface area (Å²) < 4.78 is 7.05. The van der Waals surface area contributed by atoms with E-state index in [9.17, 15) is 14.4 Å². The highest BCUT2D eigenvalue weighted by atomic mass is 16.6. The highest BCUT2D eigenvalue weighted by molar-refractivity contribution is 6.00. The molecule has 4 bridgehead atoms. The van der Waals surface area contributed by atoms with Crippen molar-refractivity contribution in [3.05, 3.63) is 40.3 Å². The van der Waals surface area contributed by atoms with E-state index in [4.69, 9.17) is 20.3 Å². The second-order valence-corrected chi connectivity index (χ2v) is 13.4. The highest BCUT2D eigenvalue weighted by Gasteiger charge is 2.45. The van der Waals surface area contributed by atoms with Gasteiger partial charge in [0.1, 0.15) is 5.71 Å². The summed E-state index contributed by atoms with van der Waals surface area (Å²) in [4.78, 5) is 50.8. The molecular weight excluding hydrogens is 558 g/mol. The van der Waals surface area contributed by atoms with Gasteiger partial charge in [-0.3, -0.25) is 19.3 Å². The maximum Gasteiger partial charge on any atom is 0.306 e. The largest absolute Gasteiger partial charge is 0.466 e. The molecule has 0 spiro atoms. The van der Waals surface area contributed by atoms with Gasteiger partial charge in [-0.15, -0.1) is 0 Å². The molecule has 10 heteroatoms. The Balaban J connectivity index is 1.33. The second kappa shape index (κ2) is 13.8. The first kappa shape index (κ1) is 30.7. The number of benzene rings is 1. The summed E-state index contributed by atoms with van der Waals surface area (Å²) >= 11 is 0. The predicted octanol–water partition coefficient (Wildman–Crippen LogP) is 4.86. The van der Waals surface area contributed by atoms with Gasteiger partial charge in [-0.2, -0.15) is 0 Å². The van der Waals surface area contributed by atoms with Gasteiger partial charge in [-0.1, -0.05) is 49.4 Å². The van der Waals surface area contributed by atoms with E-state index in [1.165, 1.54) is 64.2 Å².